The summed E-state index contributed by atoms with van der Waals surface area (Å²) in [4.78, 5) is 58.3. The smallest absolute Gasteiger partial charge is 0.420 e. The van der Waals surface area contributed by atoms with Gasteiger partial charge in [-0.05, 0) is 83.1 Å². The summed E-state index contributed by atoms with van der Waals surface area (Å²) in [5.74, 6) is -2.01. The predicted molar refractivity (Wildman–Crippen MR) is 154 cm³/mol. The highest BCUT2D eigenvalue weighted by Crippen LogP contribution is 2.34. The highest BCUT2D eigenvalue weighted by Gasteiger charge is 2.56. The first-order valence-electron chi connectivity index (χ1n) is 13.8. The number of sulfonamides is 1. The van der Waals surface area contributed by atoms with Gasteiger partial charge in [-0.25, -0.2) is 32.4 Å². The van der Waals surface area contributed by atoms with E-state index < -0.39 is 75.6 Å². The fourth-order valence-corrected chi connectivity index (χ4v) is 4.84. The molecule has 1 N–H and O–H groups in total. The first kappa shape index (κ1) is 36.4. The molecule has 13 nitrogen and oxygen atoms in total. The summed E-state index contributed by atoms with van der Waals surface area (Å²) in [6.45, 7) is 19.7. The highest BCUT2D eigenvalue weighted by molar-refractivity contribution is 7.88. The molecule has 0 unspecified atom stereocenters. The second-order valence-electron chi connectivity index (χ2n) is 13.5. The van der Waals surface area contributed by atoms with Gasteiger partial charge in [-0.3, -0.25) is 4.79 Å². The minimum atomic E-state index is -3.79. The van der Waals surface area contributed by atoms with Crippen LogP contribution in [0.2, 0.25) is 0 Å². The molecule has 4 amide bonds. The van der Waals surface area contributed by atoms with Crippen LogP contribution < -0.4 is 4.72 Å². The molecule has 1 rings (SSSR count). The van der Waals surface area contributed by atoms with E-state index in [2.05, 4.69) is 4.72 Å². The molecule has 0 aliphatic carbocycles. The van der Waals surface area contributed by atoms with Crippen LogP contribution in [-0.4, -0.2) is 108 Å². The van der Waals surface area contributed by atoms with Gasteiger partial charge in [-0.15, -0.1) is 0 Å². The van der Waals surface area contributed by atoms with Gasteiger partial charge in [-0.1, -0.05) is 0 Å². The molecule has 0 saturated carbocycles. The van der Waals surface area contributed by atoms with Gasteiger partial charge >= 0.3 is 24.2 Å². The van der Waals surface area contributed by atoms with Crippen LogP contribution in [0.1, 0.15) is 83.1 Å². The zero-order chi connectivity index (χ0) is 32.3. The molecule has 0 bridgehead atoms. The lowest BCUT2D eigenvalue weighted by molar-refractivity contribution is -0.160. The monoisotopic (exact) mass is 606 g/mol. The standard InChI is InChI=1S/C27H50N4O9S/c1-14-29(17(2)3)22(33)30-16-18(21(32)38-25(4,5)6)20(19(30)15-28-41(13,36)37)31(23(34)39-26(7,8)9)24(35)40-27(10,11)12/h17-20,28H,14-16H2,1-13H3/t18-,19+,20-/m1/s1. The molecule has 0 aromatic rings. The van der Waals surface area contributed by atoms with Crippen molar-refractivity contribution in [2.45, 2.75) is 118 Å². The number of nitrogens with one attached hydrogen (secondary N) is 1. The van der Waals surface area contributed by atoms with E-state index >= 15 is 0 Å². The van der Waals surface area contributed by atoms with Crippen LogP contribution >= 0.6 is 0 Å². The van der Waals surface area contributed by atoms with Crippen molar-refractivity contribution in [3.05, 3.63) is 0 Å². The van der Waals surface area contributed by atoms with Gasteiger partial charge in [0.2, 0.25) is 10.0 Å². The lowest BCUT2D eigenvalue weighted by Crippen LogP contribution is -2.60. The van der Waals surface area contributed by atoms with Crippen molar-refractivity contribution in [3.8, 4) is 0 Å². The van der Waals surface area contributed by atoms with E-state index in [0.717, 1.165) is 6.26 Å². The Morgan fingerprint density at radius 1 is 0.878 bits per heavy atom. The van der Waals surface area contributed by atoms with Gasteiger partial charge in [-0.2, -0.15) is 0 Å². The Labute approximate surface area is 245 Å². The Balaban J connectivity index is 3.94. The SMILES string of the molecule is CCN(C(=O)N1C[C@@H](C(=O)OC(C)(C)C)[C@@H](N(C(=O)OC(C)(C)C)C(=O)OC(C)(C)C)[C@@H]1CNS(C)(=O)=O)C(C)C. The molecule has 14 heteroatoms. The third-order valence-electron chi connectivity index (χ3n) is 5.80. The third-order valence-corrected chi connectivity index (χ3v) is 6.49. The molecule has 41 heavy (non-hydrogen) atoms. The number of esters is 1. The maximum atomic E-state index is 13.8. The summed E-state index contributed by atoms with van der Waals surface area (Å²) in [7, 11) is -3.79. The Morgan fingerprint density at radius 2 is 1.32 bits per heavy atom. The van der Waals surface area contributed by atoms with E-state index in [1.165, 1.54) is 9.80 Å². The van der Waals surface area contributed by atoms with Crippen molar-refractivity contribution in [1.82, 2.24) is 19.4 Å². The lowest BCUT2D eigenvalue weighted by Gasteiger charge is -2.38. The first-order valence-corrected chi connectivity index (χ1v) is 15.7. The number of carbonyl (C=O) groups excluding carboxylic acids is 4. The van der Waals surface area contributed by atoms with Crippen LogP contribution in [0.5, 0.6) is 0 Å². The minimum absolute atomic E-state index is 0.233. The summed E-state index contributed by atoms with van der Waals surface area (Å²) < 4.78 is 43.5. The number of ether oxygens (including phenoxy) is 3. The van der Waals surface area contributed by atoms with Gasteiger partial charge in [0.1, 0.15) is 16.8 Å². The van der Waals surface area contributed by atoms with Crippen LogP contribution in [0.3, 0.4) is 0 Å². The predicted octanol–water partition coefficient (Wildman–Crippen LogP) is 3.57. The van der Waals surface area contributed by atoms with Crippen molar-refractivity contribution in [2.24, 2.45) is 5.92 Å². The number of carbonyl (C=O) groups is 4. The van der Waals surface area contributed by atoms with Gasteiger partial charge in [0.25, 0.3) is 0 Å². The number of rotatable bonds is 7. The third kappa shape index (κ3) is 11.3. The number of amides is 4. The van der Waals surface area contributed by atoms with Crippen LogP contribution in [-0.2, 0) is 29.0 Å². The van der Waals surface area contributed by atoms with E-state index in [0.29, 0.717) is 11.4 Å². The maximum absolute atomic E-state index is 13.8. The van der Waals surface area contributed by atoms with E-state index in [-0.39, 0.29) is 12.6 Å². The fraction of sp³-hybridized carbons (Fsp3) is 0.852. The first-order chi connectivity index (χ1) is 18.3. The van der Waals surface area contributed by atoms with Gasteiger partial charge in [0.15, 0.2) is 0 Å². The quantitative estimate of drug-likeness (QED) is 0.339. The number of hydrogen-bond donors (Lipinski definition) is 1. The molecule has 1 aliphatic heterocycles. The van der Waals surface area contributed by atoms with Crippen LogP contribution in [0.15, 0.2) is 0 Å². The average molecular weight is 607 g/mol. The van der Waals surface area contributed by atoms with Gasteiger partial charge in [0.05, 0.1) is 24.3 Å². The summed E-state index contributed by atoms with van der Waals surface area (Å²) in [6.07, 6.45) is -1.28. The van der Waals surface area contributed by atoms with Crippen molar-refractivity contribution < 1.29 is 41.8 Å². The van der Waals surface area contributed by atoms with Crippen molar-refractivity contribution in [1.29, 1.82) is 0 Å². The molecule has 1 saturated heterocycles. The Hall–Kier alpha value is -2.61. The molecule has 0 radical (unpaired) electrons. The van der Waals surface area contributed by atoms with Crippen molar-refractivity contribution in [3.63, 3.8) is 0 Å². The Bertz CT molecular complexity index is 1040. The summed E-state index contributed by atoms with van der Waals surface area (Å²) in [6, 6.07) is -3.28. The van der Waals surface area contributed by atoms with Crippen molar-refractivity contribution >= 4 is 34.2 Å². The average Bonchev–Trinajstić information content (AvgIpc) is 3.07. The zero-order valence-electron chi connectivity index (χ0n) is 26.9. The molecular weight excluding hydrogens is 556 g/mol. The molecule has 0 spiro atoms. The Kier molecular flexibility index (Phi) is 11.7. The van der Waals surface area contributed by atoms with Crippen LogP contribution in [0.4, 0.5) is 14.4 Å². The zero-order valence-corrected chi connectivity index (χ0v) is 27.7. The van der Waals surface area contributed by atoms with E-state index in [1.54, 1.807) is 69.2 Å². The molecular formula is C27H50N4O9S. The molecule has 1 heterocycles. The number of nitrogens with zero attached hydrogens (tertiary/aromatic N) is 3. The van der Waals surface area contributed by atoms with Gasteiger partial charge in [0, 0.05) is 25.7 Å². The van der Waals surface area contributed by atoms with E-state index in [4.69, 9.17) is 14.2 Å². The number of likely N-dealkylation sites (tertiary alicyclic amines) is 1. The number of urea groups is 1. The number of hydrogen-bond acceptors (Lipinski definition) is 9. The second-order valence-corrected chi connectivity index (χ2v) is 15.3. The molecule has 1 fully saturated rings. The van der Waals surface area contributed by atoms with E-state index in [1.807, 2.05) is 13.8 Å². The minimum Gasteiger partial charge on any atom is -0.460 e. The molecule has 0 aromatic carbocycles. The van der Waals surface area contributed by atoms with Crippen molar-refractivity contribution in [2.75, 3.05) is 25.9 Å². The topological polar surface area (TPSA) is 152 Å². The molecule has 238 valence electrons. The largest absolute Gasteiger partial charge is 0.460 e. The summed E-state index contributed by atoms with van der Waals surface area (Å²) in [5, 5.41) is 0. The maximum Gasteiger partial charge on any atom is 0.420 e. The van der Waals surface area contributed by atoms with Gasteiger partial charge < -0.3 is 24.0 Å². The molecule has 3 atom stereocenters. The normalized spacial score (nSPS) is 20.0. The lowest BCUT2D eigenvalue weighted by atomic mass is 9.96. The van der Waals surface area contributed by atoms with Crippen LogP contribution in [0, 0.1) is 5.92 Å². The highest BCUT2D eigenvalue weighted by atomic mass is 32.2. The summed E-state index contributed by atoms with van der Waals surface area (Å²) in [5.41, 5.74) is -3.01. The van der Waals surface area contributed by atoms with E-state index in [9.17, 15) is 27.6 Å². The molecule has 1 aliphatic rings. The second kappa shape index (κ2) is 13.1. The molecule has 0 aromatic heterocycles. The van der Waals surface area contributed by atoms with Crippen LogP contribution in [0.25, 0.3) is 0 Å². The Morgan fingerprint density at radius 3 is 1.66 bits per heavy atom. The number of imide groups is 1. The summed E-state index contributed by atoms with van der Waals surface area (Å²) >= 11 is 0. The fourth-order valence-electron chi connectivity index (χ4n) is 4.37.